The highest BCUT2D eigenvalue weighted by molar-refractivity contribution is 5.82. The summed E-state index contributed by atoms with van der Waals surface area (Å²) < 4.78 is 0. The maximum absolute atomic E-state index is 4.84. The normalized spacial score (nSPS) is 12.5. The van der Waals surface area contributed by atoms with Crippen LogP contribution in [0.2, 0.25) is 0 Å². The molecule has 106 valence electrons. The van der Waals surface area contributed by atoms with Gasteiger partial charge in [-0.2, -0.15) is 0 Å². The van der Waals surface area contributed by atoms with E-state index < -0.39 is 0 Å². The van der Waals surface area contributed by atoms with Gasteiger partial charge in [-0.15, -0.1) is 0 Å². The molecule has 0 spiro atoms. The smallest absolute Gasteiger partial charge is 0.0708 e. The first-order chi connectivity index (χ1) is 10.3. The zero-order valence-electron chi connectivity index (χ0n) is 12.5. The summed E-state index contributed by atoms with van der Waals surface area (Å²) in [4.78, 5) is 4.84. The molecule has 1 N–H and O–H groups in total. The number of likely N-dealkylation sites (N-methyl/N-ethyl adjacent to an activating group) is 1. The van der Waals surface area contributed by atoms with Crippen molar-refractivity contribution < 1.29 is 0 Å². The Kier molecular flexibility index (Phi) is 3.98. The van der Waals surface area contributed by atoms with E-state index in [9.17, 15) is 0 Å². The lowest BCUT2D eigenvalue weighted by atomic mass is 10.0. The number of benzene rings is 2. The molecule has 0 aliphatic rings. The zero-order valence-corrected chi connectivity index (χ0v) is 12.5. The Balaban J connectivity index is 1.97. The van der Waals surface area contributed by atoms with Crippen molar-refractivity contribution in [3.05, 3.63) is 77.5 Å². The summed E-state index contributed by atoms with van der Waals surface area (Å²) >= 11 is 0. The second-order valence-electron chi connectivity index (χ2n) is 5.41. The van der Waals surface area contributed by atoms with Crippen molar-refractivity contribution in [3.8, 4) is 0 Å². The van der Waals surface area contributed by atoms with Crippen molar-refractivity contribution in [1.82, 2.24) is 10.3 Å². The van der Waals surface area contributed by atoms with E-state index in [1.807, 2.05) is 13.1 Å². The van der Waals surface area contributed by atoms with Crippen LogP contribution >= 0.6 is 0 Å². The third kappa shape index (κ3) is 2.96. The van der Waals surface area contributed by atoms with Gasteiger partial charge in [0.15, 0.2) is 0 Å². The van der Waals surface area contributed by atoms with Crippen LogP contribution < -0.4 is 5.32 Å². The number of hydrogen-bond acceptors (Lipinski definition) is 2. The van der Waals surface area contributed by atoms with Crippen LogP contribution in [0.1, 0.15) is 22.9 Å². The third-order valence-corrected chi connectivity index (χ3v) is 3.93. The van der Waals surface area contributed by atoms with E-state index >= 15 is 0 Å². The van der Waals surface area contributed by atoms with E-state index in [2.05, 4.69) is 66.8 Å². The number of rotatable bonds is 4. The Bertz CT molecular complexity index is 735. The summed E-state index contributed by atoms with van der Waals surface area (Å²) in [5.41, 5.74) is 4.78. The van der Waals surface area contributed by atoms with Crippen LogP contribution in [0, 0.1) is 6.92 Å². The largest absolute Gasteiger partial charge is 0.311 e. The lowest BCUT2D eigenvalue weighted by Gasteiger charge is -2.17. The van der Waals surface area contributed by atoms with Crippen molar-refractivity contribution >= 4 is 10.9 Å². The first-order valence-corrected chi connectivity index (χ1v) is 7.35. The number of pyridine rings is 1. The molecule has 21 heavy (non-hydrogen) atoms. The molecule has 0 aliphatic heterocycles. The predicted octanol–water partition coefficient (Wildman–Crippen LogP) is 4.05. The molecule has 3 rings (SSSR count). The molecule has 1 unspecified atom stereocenters. The van der Waals surface area contributed by atoms with E-state index in [-0.39, 0.29) is 6.04 Å². The maximum Gasteiger partial charge on any atom is 0.0708 e. The number of fused-ring (bicyclic) bond motifs is 1. The van der Waals surface area contributed by atoms with Gasteiger partial charge in [-0.25, -0.2) is 0 Å². The van der Waals surface area contributed by atoms with Gasteiger partial charge in [-0.05, 0) is 43.7 Å². The van der Waals surface area contributed by atoms with Gasteiger partial charge in [-0.3, -0.25) is 4.98 Å². The van der Waals surface area contributed by atoms with E-state index in [1.54, 1.807) is 0 Å². The highest BCUT2D eigenvalue weighted by atomic mass is 14.9. The molecule has 2 aromatic carbocycles. The van der Waals surface area contributed by atoms with E-state index in [1.165, 1.54) is 16.5 Å². The minimum absolute atomic E-state index is 0.232. The van der Waals surface area contributed by atoms with Crippen LogP contribution in [-0.4, -0.2) is 12.0 Å². The van der Waals surface area contributed by atoms with Crippen molar-refractivity contribution in [2.75, 3.05) is 7.05 Å². The lowest BCUT2D eigenvalue weighted by Crippen LogP contribution is -2.20. The van der Waals surface area contributed by atoms with Crippen LogP contribution in [0.3, 0.4) is 0 Å². The molecule has 0 radical (unpaired) electrons. The van der Waals surface area contributed by atoms with Crippen molar-refractivity contribution in [1.29, 1.82) is 0 Å². The highest BCUT2D eigenvalue weighted by Gasteiger charge is 2.13. The molecule has 0 saturated heterocycles. The molecule has 0 fully saturated rings. The molecule has 0 amide bonds. The first kappa shape index (κ1) is 13.8. The predicted molar refractivity (Wildman–Crippen MR) is 88.4 cm³/mol. The summed E-state index contributed by atoms with van der Waals surface area (Å²) in [6.07, 6.45) is 0.947. The number of para-hydroxylation sites is 1. The molecule has 2 nitrogen and oxygen atoms in total. The van der Waals surface area contributed by atoms with Gasteiger partial charge in [0, 0.05) is 5.39 Å². The van der Waals surface area contributed by atoms with Crippen LogP contribution in [0.25, 0.3) is 10.9 Å². The topological polar surface area (TPSA) is 24.9 Å². The second kappa shape index (κ2) is 6.06. The van der Waals surface area contributed by atoms with Gasteiger partial charge in [0.2, 0.25) is 0 Å². The van der Waals surface area contributed by atoms with Crippen LogP contribution in [0.15, 0.2) is 60.7 Å². The van der Waals surface area contributed by atoms with Gasteiger partial charge in [-0.1, -0.05) is 48.5 Å². The highest BCUT2D eigenvalue weighted by Crippen LogP contribution is 2.23. The van der Waals surface area contributed by atoms with Gasteiger partial charge in [0.1, 0.15) is 0 Å². The molecular formula is C19H20N2. The van der Waals surface area contributed by atoms with Crippen molar-refractivity contribution in [2.24, 2.45) is 0 Å². The number of nitrogens with zero attached hydrogens (tertiary/aromatic N) is 1. The molecule has 1 aromatic heterocycles. The Morgan fingerprint density at radius 1 is 1.00 bits per heavy atom. The Morgan fingerprint density at radius 2 is 1.71 bits per heavy atom. The average Bonchev–Trinajstić information content (AvgIpc) is 2.53. The minimum atomic E-state index is 0.232. The molecule has 0 aliphatic carbocycles. The fourth-order valence-corrected chi connectivity index (χ4v) is 2.76. The van der Waals surface area contributed by atoms with E-state index in [0.29, 0.717) is 0 Å². The minimum Gasteiger partial charge on any atom is -0.311 e. The zero-order chi connectivity index (χ0) is 14.7. The van der Waals surface area contributed by atoms with Crippen molar-refractivity contribution in [2.45, 2.75) is 19.4 Å². The monoisotopic (exact) mass is 276 g/mol. The van der Waals surface area contributed by atoms with Crippen LogP contribution in [-0.2, 0) is 6.42 Å². The molecule has 2 heteroatoms. The number of aryl methyl sites for hydroxylation is 1. The van der Waals surface area contributed by atoms with Crippen LogP contribution in [0.5, 0.6) is 0 Å². The fourth-order valence-electron chi connectivity index (χ4n) is 2.76. The average molecular weight is 276 g/mol. The standard InChI is InChI=1S/C19H20N2/c1-14-12-19(21-17-11-7-6-10-16(14)17)18(20-2)13-15-8-4-3-5-9-15/h3-12,18,20H,13H2,1-2H3. The van der Waals surface area contributed by atoms with Gasteiger partial charge < -0.3 is 5.32 Å². The number of aromatic nitrogens is 1. The molecule has 1 atom stereocenters. The summed E-state index contributed by atoms with van der Waals surface area (Å²) in [6.45, 7) is 2.16. The fraction of sp³-hybridized carbons (Fsp3) is 0.211. The Hall–Kier alpha value is -2.19. The third-order valence-electron chi connectivity index (χ3n) is 3.93. The molecule has 1 heterocycles. The van der Waals surface area contributed by atoms with Gasteiger partial charge >= 0.3 is 0 Å². The molecule has 0 bridgehead atoms. The first-order valence-electron chi connectivity index (χ1n) is 7.35. The summed E-state index contributed by atoms with van der Waals surface area (Å²) in [6, 6.07) is 21.3. The summed E-state index contributed by atoms with van der Waals surface area (Å²) in [7, 11) is 2.00. The summed E-state index contributed by atoms with van der Waals surface area (Å²) in [5.74, 6) is 0. The SMILES string of the molecule is CNC(Cc1ccccc1)c1cc(C)c2ccccc2n1. The maximum atomic E-state index is 4.84. The Labute approximate surface area is 125 Å². The second-order valence-corrected chi connectivity index (χ2v) is 5.41. The quantitative estimate of drug-likeness (QED) is 0.777. The molecule has 3 aromatic rings. The lowest BCUT2D eigenvalue weighted by molar-refractivity contribution is 0.577. The van der Waals surface area contributed by atoms with Gasteiger partial charge in [0.05, 0.1) is 17.3 Å². The van der Waals surface area contributed by atoms with Crippen molar-refractivity contribution in [3.63, 3.8) is 0 Å². The number of nitrogens with one attached hydrogen (secondary N) is 1. The van der Waals surface area contributed by atoms with E-state index in [4.69, 9.17) is 4.98 Å². The van der Waals surface area contributed by atoms with E-state index in [0.717, 1.165) is 17.6 Å². The molecule has 0 saturated carbocycles. The van der Waals surface area contributed by atoms with Gasteiger partial charge in [0.25, 0.3) is 0 Å². The van der Waals surface area contributed by atoms with Crippen LogP contribution in [0.4, 0.5) is 0 Å². The molecular weight excluding hydrogens is 256 g/mol. The summed E-state index contributed by atoms with van der Waals surface area (Å²) in [5, 5.41) is 4.63. The Morgan fingerprint density at radius 3 is 2.48 bits per heavy atom. The number of hydrogen-bond donors (Lipinski definition) is 1.